The van der Waals surface area contributed by atoms with Crippen LogP contribution in [0.25, 0.3) is 10.9 Å². The van der Waals surface area contributed by atoms with Gasteiger partial charge in [0.25, 0.3) is 5.91 Å². The molecule has 0 unspecified atom stereocenters. The van der Waals surface area contributed by atoms with Gasteiger partial charge in [-0.3, -0.25) is 4.79 Å². The molecule has 2 heterocycles. The molecule has 2 aromatic carbocycles. The molecule has 0 spiro atoms. The van der Waals surface area contributed by atoms with Crippen LogP contribution in [0.5, 0.6) is 5.75 Å². The third kappa shape index (κ3) is 3.07. The molecule has 1 aliphatic heterocycles. The number of para-hydroxylation sites is 1. The average molecular weight is 366 g/mol. The van der Waals surface area contributed by atoms with Crippen molar-refractivity contribution < 1.29 is 9.53 Å². The molecule has 3 aromatic rings. The van der Waals surface area contributed by atoms with Crippen molar-refractivity contribution in [2.24, 2.45) is 0 Å². The second-order valence-corrected chi connectivity index (χ2v) is 7.39. The predicted molar refractivity (Wildman–Crippen MR) is 106 cm³/mol. The number of nitrogens with zero attached hydrogens (tertiary/aromatic N) is 1. The number of nitrogens with one attached hydrogen (secondary N) is 1. The zero-order valence-corrected chi connectivity index (χ0v) is 15.8. The minimum atomic E-state index is -0.0437. The van der Waals surface area contributed by atoms with Gasteiger partial charge in [-0.2, -0.15) is 0 Å². The quantitative estimate of drug-likeness (QED) is 0.678. The summed E-state index contributed by atoms with van der Waals surface area (Å²) in [6, 6.07) is 16.2. The molecule has 0 aliphatic carbocycles. The summed E-state index contributed by atoms with van der Waals surface area (Å²) >= 11 is 1.71. The van der Waals surface area contributed by atoms with Gasteiger partial charge in [-0.05, 0) is 42.5 Å². The molecule has 5 heteroatoms. The Morgan fingerprint density at radius 1 is 1.27 bits per heavy atom. The number of hydrogen-bond acceptors (Lipinski definition) is 3. The van der Waals surface area contributed by atoms with Crippen LogP contribution in [-0.4, -0.2) is 22.8 Å². The summed E-state index contributed by atoms with van der Waals surface area (Å²) in [6.45, 7) is 3.34. The number of ether oxygens (including phenoxy) is 1. The minimum Gasteiger partial charge on any atom is -0.486 e. The molecule has 4 nitrogen and oxygen atoms in total. The first kappa shape index (κ1) is 17.0. The summed E-state index contributed by atoms with van der Waals surface area (Å²) in [6.07, 6.45) is 3.07. The van der Waals surface area contributed by atoms with Gasteiger partial charge in [-0.15, -0.1) is 11.8 Å². The zero-order chi connectivity index (χ0) is 18.1. The number of amides is 1. The fourth-order valence-corrected chi connectivity index (χ4v) is 3.82. The Kier molecular flexibility index (Phi) is 4.64. The number of carbonyl (C=O) groups excluding carboxylic acids is 1. The van der Waals surface area contributed by atoms with Crippen molar-refractivity contribution in [2.75, 3.05) is 6.26 Å². The Labute approximate surface area is 157 Å². The maximum absolute atomic E-state index is 12.8. The minimum absolute atomic E-state index is 0.0437. The van der Waals surface area contributed by atoms with E-state index in [0.717, 1.165) is 28.6 Å². The summed E-state index contributed by atoms with van der Waals surface area (Å²) in [5.41, 5.74) is 2.82. The van der Waals surface area contributed by atoms with Crippen molar-refractivity contribution in [3.63, 3.8) is 0 Å². The van der Waals surface area contributed by atoms with E-state index in [1.54, 1.807) is 11.8 Å². The Morgan fingerprint density at radius 2 is 2.08 bits per heavy atom. The van der Waals surface area contributed by atoms with E-state index in [1.165, 1.54) is 4.90 Å². The SMILES string of the molecule is CC[C@H]1Cn2c(C(=O)NCc3ccc(SC)cc3)cc3cccc(c32)O1. The fourth-order valence-electron chi connectivity index (χ4n) is 3.41. The van der Waals surface area contributed by atoms with Crippen molar-refractivity contribution in [2.45, 2.75) is 37.4 Å². The van der Waals surface area contributed by atoms with E-state index < -0.39 is 0 Å². The molecule has 1 aliphatic rings. The van der Waals surface area contributed by atoms with Gasteiger partial charge in [0.1, 0.15) is 17.5 Å². The molecule has 134 valence electrons. The Hall–Kier alpha value is -2.40. The second kappa shape index (κ2) is 7.08. The van der Waals surface area contributed by atoms with Crippen LogP contribution in [0.3, 0.4) is 0 Å². The summed E-state index contributed by atoms with van der Waals surface area (Å²) in [5, 5.41) is 4.11. The highest BCUT2D eigenvalue weighted by atomic mass is 32.2. The predicted octanol–water partition coefficient (Wildman–Crippen LogP) is 4.46. The van der Waals surface area contributed by atoms with Crippen LogP contribution in [0.1, 0.15) is 29.4 Å². The highest BCUT2D eigenvalue weighted by molar-refractivity contribution is 7.98. The number of aromatic nitrogens is 1. The molecule has 1 atom stereocenters. The van der Waals surface area contributed by atoms with Crippen molar-refractivity contribution in [1.29, 1.82) is 0 Å². The molecule has 1 aromatic heterocycles. The molecular weight excluding hydrogens is 344 g/mol. The van der Waals surface area contributed by atoms with Crippen LogP contribution in [0.15, 0.2) is 53.4 Å². The van der Waals surface area contributed by atoms with Gasteiger partial charge in [0.2, 0.25) is 0 Å². The molecule has 1 N–H and O–H groups in total. The van der Waals surface area contributed by atoms with E-state index in [4.69, 9.17) is 4.74 Å². The molecule has 0 saturated carbocycles. The first-order chi connectivity index (χ1) is 12.7. The van der Waals surface area contributed by atoms with Gasteiger partial charge >= 0.3 is 0 Å². The first-order valence-corrected chi connectivity index (χ1v) is 10.1. The van der Waals surface area contributed by atoms with E-state index in [0.29, 0.717) is 18.8 Å². The number of rotatable bonds is 5. The van der Waals surface area contributed by atoms with Crippen molar-refractivity contribution in [1.82, 2.24) is 9.88 Å². The second-order valence-electron chi connectivity index (χ2n) is 6.51. The van der Waals surface area contributed by atoms with E-state index in [9.17, 15) is 4.79 Å². The molecule has 1 amide bonds. The number of thioether (sulfide) groups is 1. The Balaban J connectivity index is 1.58. The van der Waals surface area contributed by atoms with E-state index in [2.05, 4.69) is 47.3 Å². The molecule has 0 saturated heterocycles. The van der Waals surface area contributed by atoms with Crippen LogP contribution >= 0.6 is 11.8 Å². The summed E-state index contributed by atoms with van der Waals surface area (Å²) in [4.78, 5) is 14.1. The topological polar surface area (TPSA) is 43.3 Å². The average Bonchev–Trinajstić information content (AvgIpc) is 3.06. The van der Waals surface area contributed by atoms with Crippen LogP contribution in [0.4, 0.5) is 0 Å². The van der Waals surface area contributed by atoms with Crippen LogP contribution in [0, 0.1) is 0 Å². The fraction of sp³-hybridized carbons (Fsp3) is 0.286. The van der Waals surface area contributed by atoms with Crippen LogP contribution < -0.4 is 10.1 Å². The highest BCUT2D eigenvalue weighted by Gasteiger charge is 2.25. The van der Waals surface area contributed by atoms with Crippen LogP contribution in [-0.2, 0) is 13.1 Å². The van der Waals surface area contributed by atoms with Gasteiger partial charge in [0.15, 0.2) is 0 Å². The lowest BCUT2D eigenvalue weighted by atomic mass is 10.2. The largest absolute Gasteiger partial charge is 0.486 e. The van der Waals surface area contributed by atoms with Crippen molar-refractivity contribution in [3.05, 3.63) is 59.8 Å². The van der Waals surface area contributed by atoms with Crippen LogP contribution in [0.2, 0.25) is 0 Å². The third-order valence-electron chi connectivity index (χ3n) is 4.86. The van der Waals surface area contributed by atoms with Gasteiger partial charge in [-0.25, -0.2) is 0 Å². The molecule has 4 rings (SSSR count). The number of benzene rings is 2. The van der Waals surface area contributed by atoms with E-state index in [1.807, 2.05) is 24.3 Å². The number of hydrogen-bond donors (Lipinski definition) is 1. The van der Waals surface area contributed by atoms with E-state index in [-0.39, 0.29) is 12.0 Å². The normalized spacial score (nSPS) is 15.7. The molecular formula is C21H22N2O2S. The van der Waals surface area contributed by atoms with E-state index >= 15 is 0 Å². The maximum atomic E-state index is 12.8. The lowest BCUT2D eigenvalue weighted by Gasteiger charge is -2.26. The maximum Gasteiger partial charge on any atom is 0.268 e. The molecule has 26 heavy (non-hydrogen) atoms. The van der Waals surface area contributed by atoms with Crippen molar-refractivity contribution in [3.8, 4) is 5.75 Å². The molecule has 0 fully saturated rings. The lowest BCUT2D eigenvalue weighted by Crippen LogP contribution is -2.31. The summed E-state index contributed by atoms with van der Waals surface area (Å²) in [7, 11) is 0. The van der Waals surface area contributed by atoms with Gasteiger partial charge in [0.05, 0.1) is 12.1 Å². The number of carbonyl (C=O) groups is 1. The zero-order valence-electron chi connectivity index (χ0n) is 15.0. The van der Waals surface area contributed by atoms with Gasteiger partial charge in [-0.1, -0.05) is 31.2 Å². The summed E-state index contributed by atoms with van der Waals surface area (Å²) < 4.78 is 8.15. The molecule has 0 bridgehead atoms. The van der Waals surface area contributed by atoms with Gasteiger partial charge in [0, 0.05) is 16.8 Å². The summed E-state index contributed by atoms with van der Waals surface area (Å²) in [5.74, 6) is 0.824. The monoisotopic (exact) mass is 366 g/mol. The van der Waals surface area contributed by atoms with Gasteiger partial charge < -0.3 is 14.6 Å². The molecule has 0 radical (unpaired) electrons. The standard InChI is InChI=1S/C21H22N2O2S/c1-3-16-13-23-18(11-15-5-4-6-19(25-16)20(15)23)21(24)22-12-14-7-9-17(26-2)10-8-14/h4-11,16H,3,12-13H2,1-2H3,(H,22,24)/t16-/m0/s1. The Bertz CT molecular complexity index is 947. The van der Waals surface area contributed by atoms with Crippen molar-refractivity contribution >= 4 is 28.6 Å². The highest BCUT2D eigenvalue weighted by Crippen LogP contribution is 2.34. The third-order valence-corrected chi connectivity index (χ3v) is 5.61. The smallest absolute Gasteiger partial charge is 0.268 e. The lowest BCUT2D eigenvalue weighted by molar-refractivity contribution is 0.0935. The first-order valence-electron chi connectivity index (χ1n) is 8.89. The Morgan fingerprint density at radius 3 is 2.81 bits per heavy atom.